The van der Waals surface area contributed by atoms with Gasteiger partial charge in [0.2, 0.25) is 0 Å². The van der Waals surface area contributed by atoms with Gasteiger partial charge in [-0.05, 0) is 36.6 Å². The fourth-order valence-corrected chi connectivity index (χ4v) is 4.37. The van der Waals surface area contributed by atoms with Gasteiger partial charge < -0.3 is 0 Å². The molecule has 2 nitrogen and oxygen atoms in total. The van der Waals surface area contributed by atoms with Crippen molar-refractivity contribution in [2.24, 2.45) is 0 Å². The van der Waals surface area contributed by atoms with Crippen LogP contribution >= 0.6 is 35.6 Å². The van der Waals surface area contributed by atoms with Gasteiger partial charge in [-0.25, -0.2) is 0 Å². The molecule has 1 saturated heterocycles. The molecule has 1 aliphatic carbocycles. The highest BCUT2D eigenvalue weighted by Gasteiger charge is 2.37. The summed E-state index contributed by atoms with van der Waals surface area (Å²) in [7, 11) is 0. The maximum absolute atomic E-state index is 12.6. The number of amides is 1. The summed E-state index contributed by atoms with van der Waals surface area (Å²) in [5.74, 6) is 0.0619. The largest absolute Gasteiger partial charge is 0.290 e. The molecule has 0 unspecified atom stereocenters. The molecule has 1 aromatic carbocycles. The Bertz CT molecular complexity index is 591. The first-order valence-electron chi connectivity index (χ1n) is 7.18. The summed E-state index contributed by atoms with van der Waals surface area (Å²) < 4.78 is 0.701. The summed E-state index contributed by atoms with van der Waals surface area (Å²) >= 11 is 12.7. The van der Waals surface area contributed by atoms with Crippen molar-refractivity contribution in [3.8, 4) is 0 Å². The van der Waals surface area contributed by atoms with E-state index in [9.17, 15) is 4.79 Å². The Morgan fingerprint density at radius 3 is 2.52 bits per heavy atom. The lowest BCUT2D eigenvalue weighted by Crippen LogP contribution is -2.39. The van der Waals surface area contributed by atoms with Crippen molar-refractivity contribution in [1.82, 2.24) is 4.90 Å². The van der Waals surface area contributed by atoms with Gasteiger partial charge in [-0.2, -0.15) is 0 Å². The molecule has 0 atom stereocenters. The molecule has 0 N–H and O–H groups in total. The molecule has 5 heteroatoms. The van der Waals surface area contributed by atoms with E-state index in [0.29, 0.717) is 20.3 Å². The molecule has 1 saturated carbocycles. The molecule has 0 aromatic heterocycles. The number of nitrogens with zero attached hydrogens (tertiary/aromatic N) is 1. The molecule has 3 rings (SSSR count). The summed E-state index contributed by atoms with van der Waals surface area (Å²) in [5.41, 5.74) is 0.976. The monoisotopic (exact) mass is 337 g/mol. The molecule has 0 bridgehead atoms. The lowest BCUT2D eigenvalue weighted by atomic mass is 9.94. The number of carbonyl (C=O) groups excluding carboxylic acids is 1. The van der Waals surface area contributed by atoms with Crippen molar-refractivity contribution in [2.45, 2.75) is 38.1 Å². The Morgan fingerprint density at radius 1 is 1.19 bits per heavy atom. The van der Waals surface area contributed by atoms with E-state index < -0.39 is 0 Å². The minimum Gasteiger partial charge on any atom is -0.290 e. The van der Waals surface area contributed by atoms with Crippen LogP contribution in [-0.4, -0.2) is 21.2 Å². The van der Waals surface area contributed by atoms with Crippen LogP contribution in [0.4, 0.5) is 0 Å². The molecule has 1 heterocycles. The third-order valence-corrected chi connectivity index (χ3v) is 5.51. The number of halogens is 1. The van der Waals surface area contributed by atoms with E-state index in [1.54, 1.807) is 0 Å². The van der Waals surface area contributed by atoms with Crippen LogP contribution in [0.1, 0.15) is 37.7 Å². The van der Waals surface area contributed by atoms with Gasteiger partial charge in [-0.3, -0.25) is 9.69 Å². The van der Waals surface area contributed by atoms with E-state index in [1.165, 1.54) is 31.0 Å². The first kappa shape index (κ1) is 15.1. The van der Waals surface area contributed by atoms with Gasteiger partial charge in [-0.15, -0.1) is 0 Å². The maximum Gasteiger partial charge on any atom is 0.266 e. The van der Waals surface area contributed by atoms with Crippen LogP contribution in [0.25, 0.3) is 6.08 Å². The van der Waals surface area contributed by atoms with Crippen molar-refractivity contribution in [3.63, 3.8) is 0 Å². The van der Waals surface area contributed by atoms with Crippen molar-refractivity contribution in [2.75, 3.05) is 0 Å². The zero-order valence-electron chi connectivity index (χ0n) is 11.5. The van der Waals surface area contributed by atoms with E-state index in [1.807, 2.05) is 35.2 Å². The molecule has 0 spiro atoms. The van der Waals surface area contributed by atoms with Crippen molar-refractivity contribution in [3.05, 3.63) is 39.8 Å². The Hall–Kier alpha value is -0.840. The Kier molecular flexibility index (Phi) is 4.67. The molecule has 2 fully saturated rings. The van der Waals surface area contributed by atoms with E-state index in [4.69, 9.17) is 23.8 Å². The van der Waals surface area contributed by atoms with Crippen LogP contribution in [0.15, 0.2) is 29.2 Å². The highest BCUT2D eigenvalue weighted by molar-refractivity contribution is 8.26. The Balaban J connectivity index is 1.80. The number of carbonyl (C=O) groups is 1. The highest BCUT2D eigenvalue weighted by Crippen LogP contribution is 2.37. The molecular weight excluding hydrogens is 322 g/mol. The molecule has 110 valence electrons. The number of rotatable bonds is 2. The number of hydrogen-bond donors (Lipinski definition) is 0. The molecule has 2 aliphatic rings. The fourth-order valence-electron chi connectivity index (χ4n) is 2.84. The summed E-state index contributed by atoms with van der Waals surface area (Å²) in [6.45, 7) is 0. The molecule has 0 radical (unpaired) electrons. The van der Waals surface area contributed by atoms with Crippen LogP contribution in [-0.2, 0) is 4.79 Å². The Labute approximate surface area is 139 Å². The van der Waals surface area contributed by atoms with Gasteiger partial charge in [0.1, 0.15) is 4.32 Å². The lowest BCUT2D eigenvalue weighted by molar-refractivity contribution is -0.124. The van der Waals surface area contributed by atoms with Crippen LogP contribution in [0.2, 0.25) is 5.02 Å². The van der Waals surface area contributed by atoms with Gasteiger partial charge >= 0.3 is 0 Å². The maximum atomic E-state index is 12.6. The van der Waals surface area contributed by atoms with Crippen molar-refractivity contribution >= 4 is 51.9 Å². The fraction of sp³-hybridized carbons (Fsp3) is 0.375. The number of benzene rings is 1. The summed E-state index contributed by atoms with van der Waals surface area (Å²) in [6.07, 6.45) is 7.70. The second kappa shape index (κ2) is 6.51. The number of thiocarbonyl (C=S) groups is 1. The SMILES string of the molecule is O=C1/C(=C/c2ccc(Cl)cc2)SC(=S)N1C1CCCCC1. The predicted molar refractivity (Wildman–Crippen MR) is 93.3 cm³/mol. The van der Waals surface area contributed by atoms with Gasteiger partial charge in [0.15, 0.2) is 0 Å². The topological polar surface area (TPSA) is 20.3 Å². The van der Waals surface area contributed by atoms with Crippen LogP contribution in [0.3, 0.4) is 0 Å². The molecule has 1 aromatic rings. The van der Waals surface area contributed by atoms with E-state index in [-0.39, 0.29) is 5.91 Å². The normalized spacial score (nSPS) is 22.3. The molecule has 21 heavy (non-hydrogen) atoms. The third-order valence-electron chi connectivity index (χ3n) is 3.93. The first-order valence-corrected chi connectivity index (χ1v) is 8.78. The number of thioether (sulfide) groups is 1. The standard InChI is InChI=1S/C16H16ClNOS2/c17-12-8-6-11(7-9-12)10-14-15(19)18(16(20)21-14)13-4-2-1-3-5-13/h6-10,13H,1-5H2/b14-10-. The van der Waals surface area contributed by atoms with Crippen molar-refractivity contribution < 1.29 is 4.79 Å². The minimum atomic E-state index is 0.0619. The third kappa shape index (κ3) is 3.33. The van der Waals surface area contributed by atoms with Gasteiger partial charge in [0.25, 0.3) is 5.91 Å². The van der Waals surface area contributed by atoms with E-state index in [2.05, 4.69) is 0 Å². The second-order valence-corrected chi connectivity index (χ2v) is 7.51. The summed E-state index contributed by atoms with van der Waals surface area (Å²) in [5, 5.41) is 0.696. The lowest BCUT2D eigenvalue weighted by Gasteiger charge is -2.29. The zero-order chi connectivity index (χ0) is 14.8. The molecular formula is C16H16ClNOS2. The Morgan fingerprint density at radius 2 is 1.86 bits per heavy atom. The van der Waals surface area contributed by atoms with Gasteiger partial charge in [0.05, 0.1) is 4.91 Å². The van der Waals surface area contributed by atoms with Crippen LogP contribution < -0.4 is 0 Å². The zero-order valence-corrected chi connectivity index (χ0v) is 13.9. The summed E-state index contributed by atoms with van der Waals surface area (Å²) in [6, 6.07) is 7.78. The van der Waals surface area contributed by atoms with Crippen LogP contribution in [0.5, 0.6) is 0 Å². The van der Waals surface area contributed by atoms with Gasteiger partial charge in [-0.1, -0.05) is 67.0 Å². The summed E-state index contributed by atoms with van der Waals surface area (Å²) in [4.78, 5) is 15.2. The first-order chi connectivity index (χ1) is 10.1. The average molecular weight is 338 g/mol. The quantitative estimate of drug-likeness (QED) is 0.567. The number of hydrogen-bond acceptors (Lipinski definition) is 3. The van der Waals surface area contributed by atoms with Crippen molar-refractivity contribution in [1.29, 1.82) is 0 Å². The van der Waals surface area contributed by atoms with Gasteiger partial charge in [0, 0.05) is 11.1 Å². The predicted octanol–water partition coefficient (Wildman–Crippen LogP) is 4.87. The average Bonchev–Trinajstić information content (AvgIpc) is 2.77. The second-order valence-electron chi connectivity index (χ2n) is 5.40. The van der Waals surface area contributed by atoms with E-state index >= 15 is 0 Å². The minimum absolute atomic E-state index is 0.0619. The smallest absolute Gasteiger partial charge is 0.266 e. The van der Waals surface area contributed by atoms with E-state index in [0.717, 1.165) is 18.4 Å². The van der Waals surface area contributed by atoms with Crippen LogP contribution in [0, 0.1) is 0 Å². The molecule has 1 aliphatic heterocycles. The highest BCUT2D eigenvalue weighted by atomic mass is 35.5. The molecule has 1 amide bonds.